The summed E-state index contributed by atoms with van der Waals surface area (Å²) in [6, 6.07) is 8.58. The highest BCUT2D eigenvalue weighted by molar-refractivity contribution is 6.02. The smallest absolute Gasteiger partial charge is 0.330 e. The first-order valence-electron chi connectivity index (χ1n) is 6.65. The SMILES string of the molecule is C[C@H](CC(=O)c1ccccc1)C(=O)ON1C(=O)CCC1=O. The Bertz CT molecular complexity index is 565. The van der Waals surface area contributed by atoms with Crippen LogP contribution in [0.15, 0.2) is 30.3 Å². The molecule has 6 nitrogen and oxygen atoms in total. The Balaban J connectivity index is 1.92. The monoisotopic (exact) mass is 289 g/mol. The molecule has 0 saturated carbocycles. The van der Waals surface area contributed by atoms with Crippen LogP contribution in [0.1, 0.15) is 36.5 Å². The molecule has 0 radical (unpaired) electrons. The van der Waals surface area contributed by atoms with Crippen LogP contribution in [0.5, 0.6) is 0 Å². The third-order valence-electron chi connectivity index (χ3n) is 3.18. The van der Waals surface area contributed by atoms with Crippen LogP contribution < -0.4 is 0 Å². The van der Waals surface area contributed by atoms with E-state index in [9.17, 15) is 19.2 Å². The summed E-state index contributed by atoms with van der Waals surface area (Å²) in [4.78, 5) is 51.3. The van der Waals surface area contributed by atoms with Crippen LogP contribution in [-0.2, 0) is 19.2 Å². The van der Waals surface area contributed by atoms with Crippen LogP contribution in [0.4, 0.5) is 0 Å². The normalized spacial score (nSPS) is 16.0. The summed E-state index contributed by atoms with van der Waals surface area (Å²) in [6.45, 7) is 1.52. The lowest BCUT2D eigenvalue weighted by Crippen LogP contribution is -2.34. The highest BCUT2D eigenvalue weighted by atomic mass is 16.7. The lowest BCUT2D eigenvalue weighted by atomic mass is 10.00. The fourth-order valence-electron chi connectivity index (χ4n) is 1.94. The number of nitrogens with zero attached hydrogens (tertiary/aromatic N) is 1. The van der Waals surface area contributed by atoms with Gasteiger partial charge >= 0.3 is 5.97 Å². The topological polar surface area (TPSA) is 80.8 Å². The maximum absolute atomic E-state index is 12.0. The van der Waals surface area contributed by atoms with Crippen molar-refractivity contribution in [1.82, 2.24) is 5.06 Å². The van der Waals surface area contributed by atoms with E-state index in [4.69, 9.17) is 4.84 Å². The largest absolute Gasteiger partial charge is 0.336 e. The van der Waals surface area contributed by atoms with Gasteiger partial charge in [-0.25, -0.2) is 4.79 Å². The zero-order chi connectivity index (χ0) is 15.4. The lowest BCUT2D eigenvalue weighted by Gasteiger charge is -2.15. The van der Waals surface area contributed by atoms with Crippen molar-refractivity contribution in [3.05, 3.63) is 35.9 Å². The van der Waals surface area contributed by atoms with Crippen LogP contribution in [0.3, 0.4) is 0 Å². The second kappa shape index (κ2) is 6.30. The summed E-state index contributed by atoms with van der Waals surface area (Å²) < 4.78 is 0. The van der Waals surface area contributed by atoms with Crippen molar-refractivity contribution >= 4 is 23.6 Å². The molecule has 1 aliphatic rings. The van der Waals surface area contributed by atoms with Crippen LogP contribution >= 0.6 is 0 Å². The average Bonchev–Trinajstić information content (AvgIpc) is 2.79. The van der Waals surface area contributed by atoms with E-state index in [0.717, 1.165) is 0 Å². The molecule has 1 aliphatic heterocycles. The van der Waals surface area contributed by atoms with E-state index in [1.54, 1.807) is 30.3 Å². The lowest BCUT2D eigenvalue weighted by molar-refractivity contribution is -0.200. The number of carbonyl (C=O) groups excluding carboxylic acids is 4. The minimum atomic E-state index is -0.761. The number of amides is 2. The number of hydrogen-bond acceptors (Lipinski definition) is 5. The Kier molecular flexibility index (Phi) is 4.47. The van der Waals surface area contributed by atoms with Crippen molar-refractivity contribution < 1.29 is 24.0 Å². The molecule has 1 fully saturated rings. The maximum atomic E-state index is 12.0. The molecule has 1 aromatic rings. The summed E-state index contributed by atoms with van der Waals surface area (Å²) in [6.07, 6.45) is 0.0476. The minimum Gasteiger partial charge on any atom is -0.330 e. The molecule has 1 heterocycles. The van der Waals surface area contributed by atoms with Gasteiger partial charge in [0.25, 0.3) is 11.8 Å². The van der Waals surface area contributed by atoms with Gasteiger partial charge in [-0.2, -0.15) is 0 Å². The molecular weight excluding hydrogens is 274 g/mol. The fourth-order valence-corrected chi connectivity index (χ4v) is 1.94. The number of rotatable bonds is 5. The first kappa shape index (κ1) is 14.9. The molecule has 0 aliphatic carbocycles. The second-order valence-corrected chi connectivity index (χ2v) is 4.89. The van der Waals surface area contributed by atoms with E-state index < -0.39 is 23.7 Å². The molecule has 0 N–H and O–H groups in total. The van der Waals surface area contributed by atoms with Crippen LogP contribution in [0.25, 0.3) is 0 Å². The number of hydroxylamine groups is 2. The second-order valence-electron chi connectivity index (χ2n) is 4.89. The molecule has 2 amide bonds. The van der Waals surface area contributed by atoms with Crippen LogP contribution in [0.2, 0.25) is 0 Å². The number of imide groups is 1. The van der Waals surface area contributed by atoms with Crippen molar-refractivity contribution in [2.75, 3.05) is 0 Å². The number of ketones is 1. The summed E-state index contributed by atoms with van der Waals surface area (Å²) in [5.41, 5.74) is 0.505. The van der Waals surface area contributed by atoms with E-state index in [0.29, 0.717) is 10.6 Å². The van der Waals surface area contributed by atoms with Crippen molar-refractivity contribution in [2.45, 2.75) is 26.2 Å². The van der Waals surface area contributed by atoms with Gasteiger partial charge < -0.3 is 4.84 Å². The first-order chi connectivity index (χ1) is 9.99. The van der Waals surface area contributed by atoms with E-state index in [-0.39, 0.29) is 25.0 Å². The van der Waals surface area contributed by atoms with Gasteiger partial charge in [-0.05, 0) is 0 Å². The molecule has 1 saturated heterocycles. The molecule has 0 unspecified atom stereocenters. The van der Waals surface area contributed by atoms with Crippen molar-refractivity contribution in [2.24, 2.45) is 5.92 Å². The summed E-state index contributed by atoms with van der Waals surface area (Å²) in [5, 5.41) is 0.492. The molecule has 0 spiro atoms. The number of benzene rings is 1. The molecule has 0 bridgehead atoms. The van der Waals surface area contributed by atoms with E-state index in [2.05, 4.69) is 0 Å². The molecule has 1 atom stereocenters. The molecule has 2 rings (SSSR count). The van der Waals surface area contributed by atoms with Gasteiger partial charge in [-0.15, -0.1) is 5.06 Å². The number of hydrogen-bond donors (Lipinski definition) is 0. The van der Waals surface area contributed by atoms with Crippen molar-refractivity contribution in [3.63, 3.8) is 0 Å². The van der Waals surface area contributed by atoms with Gasteiger partial charge in [0.15, 0.2) is 5.78 Å². The quantitative estimate of drug-likeness (QED) is 0.606. The molecule has 0 aromatic heterocycles. The summed E-state index contributed by atoms with van der Waals surface area (Å²) in [7, 11) is 0. The minimum absolute atomic E-state index is 0.0426. The van der Waals surface area contributed by atoms with Gasteiger partial charge in [-0.1, -0.05) is 37.3 Å². The van der Waals surface area contributed by atoms with Gasteiger partial charge in [-0.3, -0.25) is 14.4 Å². The van der Waals surface area contributed by atoms with Crippen molar-refractivity contribution in [3.8, 4) is 0 Å². The molecule has 1 aromatic carbocycles. The van der Waals surface area contributed by atoms with Crippen LogP contribution in [-0.4, -0.2) is 28.6 Å². The maximum Gasteiger partial charge on any atom is 0.336 e. The predicted molar refractivity (Wildman–Crippen MR) is 71.7 cm³/mol. The van der Waals surface area contributed by atoms with Gasteiger partial charge in [0, 0.05) is 24.8 Å². The predicted octanol–water partition coefficient (Wildman–Crippen LogP) is 1.50. The molecular formula is C15H15NO5. The zero-order valence-electron chi connectivity index (χ0n) is 11.6. The van der Waals surface area contributed by atoms with Gasteiger partial charge in [0.2, 0.25) is 0 Å². The Morgan fingerprint density at radius 3 is 2.29 bits per heavy atom. The third-order valence-corrected chi connectivity index (χ3v) is 3.18. The van der Waals surface area contributed by atoms with E-state index in [1.165, 1.54) is 6.92 Å². The van der Waals surface area contributed by atoms with Crippen LogP contribution in [0, 0.1) is 5.92 Å². The summed E-state index contributed by atoms with van der Waals surface area (Å²) >= 11 is 0. The number of carbonyl (C=O) groups is 4. The molecule has 110 valence electrons. The van der Waals surface area contributed by atoms with Crippen molar-refractivity contribution in [1.29, 1.82) is 0 Å². The molecule has 21 heavy (non-hydrogen) atoms. The summed E-state index contributed by atoms with van der Waals surface area (Å²) in [5.74, 6) is -2.76. The zero-order valence-corrected chi connectivity index (χ0v) is 11.6. The Morgan fingerprint density at radius 2 is 1.71 bits per heavy atom. The first-order valence-corrected chi connectivity index (χ1v) is 6.65. The fraction of sp³-hybridized carbons (Fsp3) is 0.333. The highest BCUT2D eigenvalue weighted by Gasteiger charge is 2.34. The Labute approximate surface area is 121 Å². The standard InChI is InChI=1S/C15H15NO5/c1-10(9-12(17)11-5-3-2-4-6-11)15(20)21-16-13(18)7-8-14(16)19/h2-6,10H,7-9H2,1H3/t10-/m1/s1. The van der Waals surface area contributed by atoms with Gasteiger partial charge in [0.05, 0.1) is 5.92 Å². The third kappa shape index (κ3) is 3.53. The Morgan fingerprint density at radius 1 is 1.14 bits per heavy atom. The van der Waals surface area contributed by atoms with E-state index >= 15 is 0 Å². The Hall–Kier alpha value is -2.50. The molecule has 6 heteroatoms. The highest BCUT2D eigenvalue weighted by Crippen LogP contribution is 2.16. The van der Waals surface area contributed by atoms with E-state index in [1.807, 2.05) is 0 Å². The van der Waals surface area contributed by atoms with Gasteiger partial charge in [0.1, 0.15) is 0 Å². The number of Topliss-reactive ketones (excluding diaryl/α,β-unsaturated/α-hetero) is 1. The average molecular weight is 289 g/mol.